The van der Waals surface area contributed by atoms with E-state index in [1.807, 2.05) is 0 Å². The summed E-state index contributed by atoms with van der Waals surface area (Å²) in [6, 6.07) is 7.13. The largest absolute Gasteiger partial charge is 0.459 e. The zero-order chi connectivity index (χ0) is 19.2. The first kappa shape index (κ1) is 17.5. The number of ether oxygens (including phenoxy) is 1. The van der Waals surface area contributed by atoms with Gasteiger partial charge in [-0.2, -0.15) is 0 Å². The summed E-state index contributed by atoms with van der Waals surface area (Å²) in [4.78, 5) is 28.3. The molecule has 2 aliphatic rings. The molecule has 1 fully saturated rings. The van der Waals surface area contributed by atoms with E-state index in [-0.39, 0.29) is 24.8 Å². The average Bonchev–Trinajstić information content (AvgIpc) is 3.30. The summed E-state index contributed by atoms with van der Waals surface area (Å²) in [5.74, 6) is -3.52. The zero-order valence-corrected chi connectivity index (χ0v) is 14.7. The second kappa shape index (κ2) is 6.38. The number of carbonyl (C=O) groups excluding carboxylic acids is 2. The number of halogens is 1. The molecule has 2 aliphatic heterocycles. The highest BCUT2D eigenvalue weighted by molar-refractivity contribution is 5.92. The highest BCUT2D eigenvalue weighted by atomic mass is 19.1. The van der Waals surface area contributed by atoms with Gasteiger partial charge in [-0.15, -0.1) is 0 Å². The van der Waals surface area contributed by atoms with Gasteiger partial charge in [0.2, 0.25) is 0 Å². The molecule has 0 saturated carbocycles. The monoisotopic (exact) mass is 374 g/mol. The molecule has 0 spiro atoms. The Morgan fingerprint density at radius 2 is 1.89 bits per heavy atom. The van der Waals surface area contributed by atoms with Gasteiger partial charge in [0.1, 0.15) is 11.6 Å². The highest BCUT2D eigenvalue weighted by Crippen LogP contribution is 2.44. The minimum Gasteiger partial charge on any atom is -0.459 e. The molecular weight excluding hydrogens is 355 g/mol. The molecule has 4 rings (SSSR count). The SMILES string of the molecule is C[C@@H]1c2cc(F)ccc2O[C@@]1(O)C(=O)N1CCN(C(=O)c2ccco2)CC1. The number of furan rings is 1. The van der Waals surface area contributed by atoms with Crippen molar-refractivity contribution in [2.24, 2.45) is 0 Å². The maximum Gasteiger partial charge on any atom is 0.296 e. The summed E-state index contributed by atoms with van der Waals surface area (Å²) in [7, 11) is 0. The Balaban J connectivity index is 1.45. The molecule has 2 amide bonds. The van der Waals surface area contributed by atoms with Crippen molar-refractivity contribution in [2.75, 3.05) is 26.2 Å². The summed E-state index contributed by atoms with van der Waals surface area (Å²) in [5, 5.41) is 10.9. The van der Waals surface area contributed by atoms with E-state index in [2.05, 4.69) is 0 Å². The molecule has 0 radical (unpaired) electrons. The van der Waals surface area contributed by atoms with Crippen molar-refractivity contribution < 1.29 is 28.2 Å². The number of aliphatic hydroxyl groups is 1. The van der Waals surface area contributed by atoms with Crippen molar-refractivity contribution in [3.05, 3.63) is 53.7 Å². The maximum atomic E-state index is 13.5. The van der Waals surface area contributed by atoms with Crippen LogP contribution in [0.5, 0.6) is 5.75 Å². The molecule has 0 unspecified atom stereocenters. The summed E-state index contributed by atoms with van der Waals surface area (Å²) >= 11 is 0. The number of carbonyl (C=O) groups is 2. The Kier molecular flexibility index (Phi) is 4.15. The van der Waals surface area contributed by atoms with Gasteiger partial charge in [0.25, 0.3) is 17.6 Å². The second-order valence-corrected chi connectivity index (χ2v) is 6.76. The van der Waals surface area contributed by atoms with Crippen molar-refractivity contribution in [1.82, 2.24) is 9.80 Å². The number of fused-ring (bicyclic) bond motifs is 1. The van der Waals surface area contributed by atoms with Gasteiger partial charge in [0, 0.05) is 31.7 Å². The number of nitrogens with zero attached hydrogens (tertiary/aromatic N) is 2. The van der Waals surface area contributed by atoms with Crippen LogP contribution in [0, 0.1) is 5.82 Å². The van der Waals surface area contributed by atoms with Crippen LogP contribution < -0.4 is 4.74 Å². The molecule has 1 N–H and O–H groups in total. The number of amides is 2. The third kappa shape index (κ3) is 2.86. The Morgan fingerprint density at radius 3 is 2.56 bits per heavy atom. The molecule has 0 aliphatic carbocycles. The van der Waals surface area contributed by atoms with Crippen LogP contribution in [0.25, 0.3) is 0 Å². The van der Waals surface area contributed by atoms with Crippen LogP contribution in [0.15, 0.2) is 41.0 Å². The molecular formula is C19H19FN2O5. The molecule has 7 nitrogen and oxygen atoms in total. The highest BCUT2D eigenvalue weighted by Gasteiger charge is 2.53. The predicted octanol–water partition coefficient (Wildman–Crippen LogP) is 1.59. The smallest absolute Gasteiger partial charge is 0.296 e. The lowest BCUT2D eigenvalue weighted by Crippen LogP contribution is -2.59. The molecule has 3 heterocycles. The molecule has 1 aromatic carbocycles. The first-order valence-electron chi connectivity index (χ1n) is 8.73. The van der Waals surface area contributed by atoms with E-state index in [0.29, 0.717) is 24.4 Å². The van der Waals surface area contributed by atoms with Crippen molar-refractivity contribution >= 4 is 11.8 Å². The Labute approximate surface area is 154 Å². The molecule has 1 aromatic heterocycles. The summed E-state index contributed by atoms with van der Waals surface area (Å²) in [5.41, 5.74) is 0.456. The zero-order valence-electron chi connectivity index (χ0n) is 14.7. The van der Waals surface area contributed by atoms with E-state index in [4.69, 9.17) is 9.15 Å². The molecule has 0 bridgehead atoms. The fraction of sp³-hybridized carbons (Fsp3) is 0.368. The van der Waals surface area contributed by atoms with E-state index in [1.54, 1.807) is 24.0 Å². The van der Waals surface area contributed by atoms with Crippen LogP contribution in [-0.2, 0) is 4.79 Å². The number of hydrogen-bond acceptors (Lipinski definition) is 5. The lowest BCUT2D eigenvalue weighted by molar-refractivity contribution is -0.187. The Hall–Kier alpha value is -2.87. The average molecular weight is 374 g/mol. The van der Waals surface area contributed by atoms with Crippen LogP contribution in [0.2, 0.25) is 0 Å². The van der Waals surface area contributed by atoms with Gasteiger partial charge >= 0.3 is 0 Å². The van der Waals surface area contributed by atoms with Gasteiger partial charge in [-0.05, 0) is 30.3 Å². The Morgan fingerprint density at radius 1 is 1.19 bits per heavy atom. The van der Waals surface area contributed by atoms with E-state index < -0.39 is 23.4 Å². The first-order valence-corrected chi connectivity index (χ1v) is 8.73. The van der Waals surface area contributed by atoms with E-state index in [0.717, 1.165) is 0 Å². The topological polar surface area (TPSA) is 83.2 Å². The van der Waals surface area contributed by atoms with E-state index in [9.17, 15) is 19.1 Å². The molecule has 1 saturated heterocycles. The quantitative estimate of drug-likeness (QED) is 0.863. The molecule has 2 atom stereocenters. The van der Waals surface area contributed by atoms with Crippen LogP contribution in [0.1, 0.15) is 29.0 Å². The lowest BCUT2D eigenvalue weighted by atomic mass is 9.93. The Bertz CT molecular complexity index is 876. The minimum absolute atomic E-state index is 0.237. The predicted molar refractivity (Wildman–Crippen MR) is 91.6 cm³/mol. The van der Waals surface area contributed by atoms with E-state index in [1.165, 1.54) is 29.4 Å². The number of rotatable bonds is 2. The standard InChI is InChI=1S/C19H19FN2O5/c1-12-14-11-13(20)4-5-15(14)27-19(12,25)18(24)22-8-6-21(7-9-22)17(23)16-3-2-10-26-16/h2-5,10-12,25H,6-9H2,1H3/t12-,19-/m1/s1. The number of benzene rings is 1. The summed E-state index contributed by atoms with van der Waals surface area (Å²) in [6.45, 7) is 2.78. The molecule has 142 valence electrons. The van der Waals surface area contributed by atoms with Crippen LogP contribution >= 0.6 is 0 Å². The third-order valence-corrected chi connectivity index (χ3v) is 5.18. The minimum atomic E-state index is -2.08. The second-order valence-electron chi connectivity index (χ2n) is 6.76. The molecule has 8 heteroatoms. The fourth-order valence-electron chi connectivity index (χ4n) is 3.54. The van der Waals surface area contributed by atoms with Gasteiger partial charge in [0.05, 0.1) is 12.2 Å². The van der Waals surface area contributed by atoms with Crippen molar-refractivity contribution in [3.8, 4) is 5.75 Å². The third-order valence-electron chi connectivity index (χ3n) is 5.18. The number of hydrogen-bond donors (Lipinski definition) is 1. The van der Waals surface area contributed by atoms with Gasteiger partial charge in [-0.25, -0.2) is 4.39 Å². The maximum absolute atomic E-state index is 13.5. The van der Waals surface area contributed by atoms with Crippen LogP contribution in [0.3, 0.4) is 0 Å². The van der Waals surface area contributed by atoms with Gasteiger partial charge in [-0.1, -0.05) is 6.92 Å². The molecule has 27 heavy (non-hydrogen) atoms. The van der Waals surface area contributed by atoms with Crippen molar-refractivity contribution in [2.45, 2.75) is 18.6 Å². The summed E-state index contributed by atoms with van der Waals surface area (Å²) in [6.07, 6.45) is 1.43. The summed E-state index contributed by atoms with van der Waals surface area (Å²) < 4.78 is 24.1. The van der Waals surface area contributed by atoms with Gasteiger partial charge in [0.15, 0.2) is 5.76 Å². The normalized spacial score (nSPS) is 24.5. The fourth-order valence-corrected chi connectivity index (χ4v) is 3.54. The lowest BCUT2D eigenvalue weighted by Gasteiger charge is -2.38. The van der Waals surface area contributed by atoms with Gasteiger partial charge in [-0.3, -0.25) is 9.59 Å². The van der Waals surface area contributed by atoms with Gasteiger partial charge < -0.3 is 24.1 Å². The van der Waals surface area contributed by atoms with Crippen molar-refractivity contribution in [1.29, 1.82) is 0 Å². The van der Waals surface area contributed by atoms with Crippen LogP contribution in [0.4, 0.5) is 4.39 Å². The molecule has 2 aromatic rings. The number of piperazine rings is 1. The van der Waals surface area contributed by atoms with Crippen LogP contribution in [-0.4, -0.2) is 58.7 Å². The van der Waals surface area contributed by atoms with Crippen molar-refractivity contribution in [3.63, 3.8) is 0 Å². The van der Waals surface area contributed by atoms with E-state index >= 15 is 0 Å². The first-order chi connectivity index (χ1) is 12.9.